The first-order chi connectivity index (χ1) is 19.1. The van der Waals surface area contributed by atoms with Gasteiger partial charge in [-0.3, -0.25) is 14.5 Å². The highest BCUT2D eigenvalue weighted by molar-refractivity contribution is 6.16. The summed E-state index contributed by atoms with van der Waals surface area (Å²) in [5, 5.41) is 41.0. The van der Waals surface area contributed by atoms with Crippen molar-refractivity contribution >= 4 is 17.3 Å². The number of phenolic OH excluding ortho intramolecular Hbond substituents is 1. The Labute approximate surface area is 228 Å². The molecule has 6 rings (SSSR count). The number of anilines is 1. The molecule has 3 aromatic rings. The first-order valence-corrected chi connectivity index (χ1v) is 12.9. The van der Waals surface area contributed by atoms with Crippen LogP contribution in [0.15, 0.2) is 52.3 Å². The van der Waals surface area contributed by atoms with E-state index in [9.17, 15) is 24.9 Å². The summed E-state index contributed by atoms with van der Waals surface area (Å²) in [6, 6.07) is 9.58. The molecule has 3 aliphatic carbocycles. The number of aromatic hydroxyl groups is 1. The number of carbonyl (C=O) groups excluding carboxylic acids is 2. The van der Waals surface area contributed by atoms with Crippen molar-refractivity contribution in [3.63, 3.8) is 0 Å². The van der Waals surface area contributed by atoms with E-state index < -0.39 is 52.4 Å². The van der Waals surface area contributed by atoms with Crippen LogP contribution in [-0.2, 0) is 13.0 Å². The summed E-state index contributed by atoms with van der Waals surface area (Å²) in [5.74, 6) is -5.32. The minimum Gasteiger partial charge on any atom is -0.508 e. The fourth-order valence-electron chi connectivity index (χ4n) is 6.47. The van der Waals surface area contributed by atoms with Crippen LogP contribution >= 0.6 is 0 Å². The Bertz CT molecular complexity index is 1580. The second kappa shape index (κ2) is 9.17. The number of ether oxygens (including phenoxy) is 1. The smallest absolute Gasteiger partial charge is 0.265 e. The van der Waals surface area contributed by atoms with Crippen LogP contribution in [0.5, 0.6) is 11.6 Å². The molecule has 11 heteroatoms. The monoisotopic (exact) mass is 549 g/mol. The Hall–Kier alpha value is -4.22. The lowest BCUT2D eigenvalue weighted by Crippen LogP contribution is -2.59. The van der Waals surface area contributed by atoms with Crippen molar-refractivity contribution in [3.05, 3.63) is 81.6 Å². The van der Waals surface area contributed by atoms with Crippen LogP contribution < -0.4 is 10.1 Å². The molecule has 2 aromatic carbocycles. The predicted octanol–water partition coefficient (Wildman–Crippen LogP) is 3.56. The quantitative estimate of drug-likeness (QED) is 0.349. The average molecular weight is 550 g/mol. The molecule has 0 unspecified atom stereocenters. The molecule has 0 radical (unpaired) electrons. The van der Waals surface area contributed by atoms with E-state index in [1.807, 2.05) is 30.3 Å². The number of ketones is 2. The molecule has 1 aromatic heterocycles. The molecule has 0 saturated carbocycles. The number of aliphatic hydroxyl groups is 2. The molecule has 0 amide bonds. The largest absolute Gasteiger partial charge is 0.508 e. The lowest BCUT2D eigenvalue weighted by atomic mass is 9.58. The number of aliphatic hydroxyl groups excluding tert-OH is 1. The van der Waals surface area contributed by atoms with Crippen molar-refractivity contribution in [3.8, 4) is 11.6 Å². The molecule has 40 heavy (non-hydrogen) atoms. The molecule has 4 atom stereocenters. The standard InChI is InChI=1S/C29H28FN3O7/c1-31-18-11-17(30)15-9-14-10-16-22(33(2)3)25-21(28(32-40-25)39-12-13-7-5-4-6-8-13)27(37)29(16,38)26(36)19(14)24(35)20(15)23(18)34/h4-8,11,14,16,22,31,34,36,38H,9-10,12H2,1-3H3/t14-,16-,22-,29-/m0/s1. The number of nitrogens with zero attached hydrogens (tertiary/aromatic N) is 2. The number of benzene rings is 2. The fourth-order valence-corrected chi connectivity index (χ4v) is 6.47. The summed E-state index contributed by atoms with van der Waals surface area (Å²) in [6.07, 6.45) is 0.0451. The van der Waals surface area contributed by atoms with E-state index in [1.165, 1.54) is 7.05 Å². The summed E-state index contributed by atoms with van der Waals surface area (Å²) in [5.41, 5.74) is -2.30. The molecular formula is C29H28FN3O7. The van der Waals surface area contributed by atoms with Crippen LogP contribution in [0.25, 0.3) is 0 Å². The Kier molecular flexibility index (Phi) is 5.97. The number of rotatable bonds is 5. The number of hydrogen-bond acceptors (Lipinski definition) is 10. The van der Waals surface area contributed by atoms with Crippen LogP contribution in [0.4, 0.5) is 10.1 Å². The van der Waals surface area contributed by atoms with E-state index in [2.05, 4.69) is 10.5 Å². The predicted molar refractivity (Wildman–Crippen MR) is 140 cm³/mol. The maximum atomic E-state index is 15.1. The number of aromatic nitrogens is 1. The highest BCUT2D eigenvalue weighted by atomic mass is 19.1. The van der Waals surface area contributed by atoms with Gasteiger partial charge in [0.15, 0.2) is 17.1 Å². The van der Waals surface area contributed by atoms with E-state index in [1.54, 1.807) is 19.0 Å². The molecule has 0 fully saturated rings. The molecule has 0 spiro atoms. The van der Waals surface area contributed by atoms with Crippen molar-refractivity contribution in [2.75, 3.05) is 26.5 Å². The Morgan fingerprint density at radius 1 is 1.20 bits per heavy atom. The Morgan fingerprint density at radius 2 is 1.93 bits per heavy atom. The summed E-state index contributed by atoms with van der Waals surface area (Å²) in [4.78, 5) is 29.5. The lowest BCUT2D eigenvalue weighted by molar-refractivity contribution is -0.0559. The lowest BCUT2D eigenvalue weighted by Gasteiger charge is -2.49. The van der Waals surface area contributed by atoms with E-state index in [-0.39, 0.29) is 59.0 Å². The third-order valence-electron chi connectivity index (χ3n) is 8.33. The van der Waals surface area contributed by atoms with Gasteiger partial charge in [0, 0.05) is 30.2 Å². The number of hydrogen-bond donors (Lipinski definition) is 4. The molecular weight excluding hydrogens is 521 g/mol. The van der Waals surface area contributed by atoms with Gasteiger partial charge >= 0.3 is 0 Å². The zero-order valence-corrected chi connectivity index (χ0v) is 22.1. The minimum atomic E-state index is -2.51. The van der Waals surface area contributed by atoms with Gasteiger partial charge in [0.25, 0.3) is 5.88 Å². The zero-order chi connectivity index (χ0) is 28.5. The maximum Gasteiger partial charge on any atom is 0.265 e. The van der Waals surface area contributed by atoms with Crippen LogP contribution in [0.2, 0.25) is 0 Å². The Balaban J connectivity index is 1.48. The van der Waals surface area contributed by atoms with Gasteiger partial charge < -0.3 is 29.9 Å². The van der Waals surface area contributed by atoms with Gasteiger partial charge in [0.05, 0.1) is 17.3 Å². The summed E-state index contributed by atoms with van der Waals surface area (Å²) < 4.78 is 26.5. The van der Waals surface area contributed by atoms with Crippen molar-refractivity contribution in [2.45, 2.75) is 31.1 Å². The normalized spacial score (nSPS) is 25.3. The first kappa shape index (κ1) is 26.0. The SMILES string of the molecule is CNc1cc(F)c2c(c1O)C(=O)C1=C(O)[C@]3(O)C(=O)c4c(OCc5ccccc5)noc4[C@@H](N(C)C)[C@@H]3C[C@@H]1C2. The van der Waals surface area contributed by atoms with Crippen LogP contribution in [-0.4, -0.2) is 63.7 Å². The summed E-state index contributed by atoms with van der Waals surface area (Å²) in [6.45, 7) is 0.0740. The molecule has 208 valence electrons. The van der Waals surface area contributed by atoms with Gasteiger partial charge in [0.2, 0.25) is 5.78 Å². The molecule has 0 bridgehead atoms. The molecule has 10 nitrogen and oxygen atoms in total. The number of Topliss-reactive ketones (excluding diaryl/α,β-unsaturated/α-hetero) is 2. The summed E-state index contributed by atoms with van der Waals surface area (Å²) in [7, 11) is 4.93. The fraction of sp³-hybridized carbons (Fsp3) is 0.345. The number of nitrogens with one attached hydrogen (secondary N) is 1. The third kappa shape index (κ3) is 3.50. The van der Waals surface area contributed by atoms with Gasteiger partial charge in [-0.15, -0.1) is 0 Å². The minimum absolute atomic E-state index is 0.00581. The second-order valence-corrected chi connectivity index (χ2v) is 10.7. The molecule has 4 N–H and O–H groups in total. The van der Waals surface area contributed by atoms with Crippen LogP contribution in [0, 0.1) is 17.7 Å². The molecule has 3 aliphatic rings. The average Bonchev–Trinajstić information content (AvgIpc) is 3.35. The number of fused-ring (bicyclic) bond motifs is 4. The Morgan fingerprint density at radius 3 is 2.60 bits per heavy atom. The van der Waals surface area contributed by atoms with E-state index >= 15 is 4.39 Å². The summed E-state index contributed by atoms with van der Waals surface area (Å²) >= 11 is 0. The topological polar surface area (TPSA) is 145 Å². The molecule has 1 heterocycles. The van der Waals surface area contributed by atoms with E-state index in [4.69, 9.17) is 9.26 Å². The zero-order valence-electron chi connectivity index (χ0n) is 22.1. The number of phenols is 1. The first-order valence-electron chi connectivity index (χ1n) is 12.9. The van der Waals surface area contributed by atoms with Crippen molar-refractivity contribution < 1.29 is 38.6 Å². The number of halogens is 1. The molecule has 0 aliphatic heterocycles. The van der Waals surface area contributed by atoms with E-state index in [0.29, 0.717) is 0 Å². The number of carbonyl (C=O) groups is 2. The second-order valence-electron chi connectivity index (χ2n) is 10.7. The van der Waals surface area contributed by atoms with Gasteiger partial charge in [-0.2, -0.15) is 0 Å². The van der Waals surface area contributed by atoms with Gasteiger partial charge in [-0.25, -0.2) is 4.39 Å². The van der Waals surface area contributed by atoms with Crippen LogP contribution in [0.3, 0.4) is 0 Å². The van der Waals surface area contributed by atoms with Gasteiger partial charge in [-0.1, -0.05) is 30.3 Å². The van der Waals surface area contributed by atoms with Crippen molar-refractivity contribution in [1.82, 2.24) is 10.1 Å². The highest BCUT2D eigenvalue weighted by Crippen LogP contribution is 2.56. The maximum absolute atomic E-state index is 15.1. The van der Waals surface area contributed by atoms with Gasteiger partial charge in [0.1, 0.15) is 29.5 Å². The van der Waals surface area contributed by atoms with E-state index in [0.717, 1.165) is 11.6 Å². The van der Waals surface area contributed by atoms with Crippen molar-refractivity contribution in [1.29, 1.82) is 0 Å². The number of allylic oxidation sites excluding steroid dienone is 1. The highest BCUT2D eigenvalue weighted by Gasteiger charge is 2.64. The third-order valence-corrected chi connectivity index (χ3v) is 8.33. The van der Waals surface area contributed by atoms with Gasteiger partial charge in [-0.05, 0) is 43.6 Å². The van der Waals surface area contributed by atoms with Crippen LogP contribution in [0.1, 0.15) is 50.1 Å². The molecule has 0 saturated heterocycles. The van der Waals surface area contributed by atoms with Crippen molar-refractivity contribution in [2.24, 2.45) is 11.8 Å².